The zero-order valence-corrected chi connectivity index (χ0v) is 25.0. The van der Waals surface area contributed by atoms with E-state index in [1.807, 2.05) is 30.3 Å². The number of aromatic nitrogens is 1. The summed E-state index contributed by atoms with van der Waals surface area (Å²) in [4.78, 5) is 46.3. The first-order chi connectivity index (χ1) is 21.4. The molecule has 4 aromatic rings. The van der Waals surface area contributed by atoms with Crippen molar-refractivity contribution in [2.75, 3.05) is 25.5 Å². The molecule has 3 aromatic carbocycles. The van der Waals surface area contributed by atoms with Gasteiger partial charge in [0.15, 0.2) is 0 Å². The standard InChI is InChI=1S/C34H33ClN4O5/c1-43-27-15-11-26(12-16-27)37-31(40)24-17-20-39(21-18-24)34(42)30(22-23-6-3-2-4-7-23)38-32(41)29-8-5-19-36-33(29)44-28-13-9-25(35)10-14-28/h2-16,19,24,30H,17-18,20-22H2,1H3,(H,37,40)(H,38,41)/t30-/m1/s1. The first-order valence-electron chi connectivity index (χ1n) is 14.4. The minimum Gasteiger partial charge on any atom is -0.497 e. The molecule has 1 aliphatic rings. The quantitative estimate of drug-likeness (QED) is 0.236. The number of pyridine rings is 1. The third-order valence-electron chi connectivity index (χ3n) is 7.46. The molecule has 10 heteroatoms. The highest BCUT2D eigenvalue weighted by Gasteiger charge is 2.32. The van der Waals surface area contributed by atoms with Crippen molar-refractivity contribution in [3.63, 3.8) is 0 Å². The highest BCUT2D eigenvalue weighted by molar-refractivity contribution is 6.30. The van der Waals surface area contributed by atoms with Gasteiger partial charge >= 0.3 is 0 Å². The Morgan fingerprint density at radius 2 is 1.59 bits per heavy atom. The Hall–Kier alpha value is -4.89. The molecule has 1 atom stereocenters. The third-order valence-corrected chi connectivity index (χ3v) is 7.72. The summed E-state index contributed by atoms with van der Waals surface area (Å²) in [6.07, 6.45) is 2.86. The summed E-state index contributed by atoms with van der Waals surface area (Å²) < 4.78 is 11.1. The number of rotatable bonds is 10. The smallest absolute Gasteiger partial charge is 0.257 e. The van der Waals surface area contributed by atoms with Crippen molar-refractivity contribution in [2.24, 2.45) is 5.92 Å². The van der Waals surface area contributed by atoms with Crippen molar-refractivity contribution >= 4 is 35.0 Å². The highest BCUT2D eigenvalue weighted by atomic mass is 35.5. The van der Waals surface area contributed by atoms with E-state index in [1.165, 1.54) is 6.20 Å². The van der Waals surface area contributed by atoms with Gasteiger partial charge in [-0.25, -0.2) is 4.98 Å². The van der Waals surface area contributed by atoms with Crippen LogP contribution in [0, 0.1) is 5.92 Å². The lowest BCUT2D eigenvalue weighted by molar-refractivity contribution is -0.136. The van der Waals surface area contributed by atoms with Crippen LogP contribution in [0.15, 0.2) is 97.2 Å². The fourth-order valence-electron chi connectivity index (χ4n) is 5.05. The molecule has 0 saturated carbocycles. The molecule has 2 heterocycles. The molecule has 44 heavy (non-hydrogen) atoms. The minimum absolute atomic E-state index is 0.0822. The second-order valence-electron chi connectivity index (χ2n) is 10.4. The monoisotopic (exact) mass is 612 g/mol. The fraction of sp³-hybridized carbons (Fsp3) is 0.235. The number of likely N-dealkylation sites (tertiary alicyclic amines) is 1. The molecule has 5 rings (SSSR count). The Balaban J connectivity index is 1.26. The van der Waals surface area contributed by atoms with E-state index in [1.54, 1.807) is 72.7 Å². The van der Waals surface area contributed by atoms with Gasteiger partial charge in [0.25, 0.3) is 5.91 Å². The number of anilines is 1. The molecule has 0 aliphatic carbocycles. The van der Waals surface area contributed by atoms with Crippen molar-refractivity contribution < 1.29 is 23.9 Å². The number of piperidine rings is 1. The number of benzene rings is 3. The van der Waals surface area contributed by atoms with E-state index in [0.717, 1.165) is 5.56 Å². The number of hydrogen-bond acceptors (Lipinski definition) is 6. The molecule has 0 bridgehead atoms. The lowest BCUT2D eigenvalue weighted by Crippen LogP contribution is -2.52. The normalized spacial score (nSPS) is 13.9. The molecular weight excluding hydrogens is 580 g/mol. The first-order valence-corrected chi connectivity index (χ1v) is 14.7. The molecule has 0 unspecified atom stereocenters. The van der Waals surface area contributed by atoms with Crippen LogP contribution >= 0.6 is 11.6 Å². The molecule has 3 amide bonds. The van der Waals surface area contributed by atoms with Crippen LogP contribution in [-0.4, -0.2) is 53.8 Å². The number of hydrogen-bond donors (Lipinski definition) is 2. The van der Waals surface area contributed by atoms with Crippen molar-refractivity contribution in [3.05, 3.63) is 113 Å². The van der Waals surface area contributed by atoms with Gasteiger partial charge in [0, 0.05) is 42.3 Å². The van der Waals surface area contributed by atoms with Crippen molar-refractivity contribution in [1.29, 1.82) is 0 Å². The lowest BCUT2D eigenvalue weighted by Gasteiger charge is -2.34. The molecule has 226 valence electrons. The van der Waals surface area contributed by atoms with Gasteiger partial charge in [-0.3, -0.25) is 14.4 Å². The van der Waals surface area contributed by atoms with E-state index in [4.69, 9.17) is 21.1 Å². The highest BCUT2D eigenvalue weighted by Crippen LogP contribution is 2.25. The maximum Gasteiger partial charge on any atom is 0.257 e. The Morgan fingerprint density at radius 3 is 2.27 bits per heavy atom. The molecule has 9 nitrogen and oxygen atoms in total. The minimum atomic E-state index is -0.835. The summed E-state index contributed by atoms with van der Waals surface area (Å²) in [5.41, 5.74) is 1.79. The van der Waals surface area contributed by atoms with Crippen LogP contribution in [0.4, 0.5) is 5.69 Å². The van der Waals surface area contributed by atoms with Crippen molar-refractivity contribution in [1.82, 2.24) is 15.2 Å². The number of methoxy groups -OCH3 is 1. The van der Waals surface area contributed by atoms with Gasteiger partial charge in [0.1, 0.15) is 23.1 Å². The van der Waals surface area contributed by atoms with Crippen LogP contribution < -0.4 is 20.1 Å². The second-order valence-corrected chi connectivity index (χ2v) is 10.9. The number of ether oxygens (including phenoxy) is 2. The van der Waals surface area contributed by atoms with Crippen LogP contribution in [0.1, 0.15) is 28.8 Å². The summed E-state index contributed by atoms with van der Waals surface area (Å²) in [5.74, 6) is 0.290. The van der Waals surface area contributed by atoms with Gasteiger partial charge in [0.2, 0.25) is 17.7 Å². The SMILES string of the molecule is COc1ccc(NC(=O)C2CCN(C(=O)[C@@H](Cc3ccccc3)NC(=O)c3cccnc3Oc3ccc(Cl)cc3)CC2)cc1. The maximum absolute atomic E-state index is 13.8. The predicted molar refractivity (Wildman–Crippen MR) is 168 cm³/mol. The molecule has 0 radical (unpaired) electrons. The Kier molecular flexibility index (Phi) is 10.1. The molecule has 2 N–H and O–H groups in total. The number of carbonyl (C=O) groups is 3. The van der Waals surface area contributed by atoms with Crippen LogP contribution in [0.3, 0.4) is 0 Å². The third kappa shape index (κ3) is 7.93. The summed E-state index contributed by atoms with van der Waals surface area (Å²) in [7, 11) is 1.59. The zero-order chi connectivity index (χ0) is 30.9. The average Bonchev–Trinajstić information content (AvgIpc) is 3.06. The summed E-state index contributed by atoms with van der Waals surface area (Å²) >= 11 is 5.98. The predicted octanol–water partition coefficient (Wildman–Crippen LogP) is 5.75. The Morgan fingerprint density at radius 1 is 0.909 bits per heavy atom. The maximum atomic E-state index is 13.8. The molecule has 1 aromatic heterocycles. The molecular formula is C34H33ClN4O5. The molecule has 1 saturated heterocycles. The van der Waals surface area contributed by atoms with Crippen LogP contribution in [-0.2, 0) is 16.0 Å². The van der Waals surface area contributed by atoms with Gasteiger partial charge in [0.05, 0.1) is 7.11 Å². The zero-order valence-electron chi connectivity index (χ0n) is 24.2. The summed E-state index contributed by atoms with van der Waals surface area (Å²) in [5, 5.41) is 6.44. The van der Waals surface area contributed by atoms with Crippen LogP contribution in [0.5, 0.6) is 17.4 Å². The molecule has 1 aliphatic heterocycles. The lowest BCUT2D eigenvalue weighted by atomic mass is 9.94. The van der Waals surface area contributed by atoms with E-state index < -0.39 is 11.9 Å². The summed E-state index contributed by atoms with van der Waals surface area (Å²) in [6, 6.07) is 25.8. The number of nitrogens with one attached hydrogen (secondary N) is 2. The number of carbonyl (C=O) groups excluding carboxylic acids is 3. The van der Waals surface area contributed by atoms with Gasteiger partial charge in [-0.05, 0) is 79.1 Å². The van der Waals surface area contributed by atoms with Crippen LogP contribution in [0.25, 0.3) is 0 Å². The fourth-order valence-corrected chi connectivity index (χ4v) is 5.17. The Bertz CT molecular complexity index is 1570. The van der Waals surface area contributed by atoms with E-state index in [0.29, 0.717) is 54.6 Å². The molecule has 0 spiro atoms. The van der Waals surface area contributed by atoms with Gasteiger partial charge in [-0.2, -0.15) is 0 Å². The van der Waals surface area contributed by atoms with E-state index in [9.17, 15) is 14.4 Å². The second kappa shape index (κ2) is 14.5. The van der Waals surface area contributed by atoms with E-state index in [2.05, 4.69) is 15.6 Å². The van der Waals surface area contributed by atoms with Crippen molar-refractivity contribution in [3.8, 4) is 17.4 Å². The number of halogens is 1. The van der Waals surface area contributed by atoms with Crippen molar-refractivity contribution in [2.45, 2.75) is 25.3 Å². The van der Waals surface area contributed by atoms with Gasteiger partial charge < -0.3 is 25.0 Å². The summed E-state index contributed by atoms with van der Waals surface area (Å²) in [6.45, 7) is 0.803. The first kappa shape index (κ1) is 30.6. The largest absolute Gasteiger partial charge is 0.497 e. The average molecular weight is 613 g/mol. The topological polar surface area (TPSA) is 110 Å². The van der Waals surface area contributed by atoms with E-state index in [-0.39, 0.29) is 29.2 Å². The Labute approximate surface area is 261 Å². The van der Waals surface area contributed by atoms with Crippen LogP contribution in [0.2, 0.25) is 5.02 Å². The van der Waals surface area contributed by atoms with Gasteiger partial charge in [-0.1, -0.05) is 41.9 Å². The number of amides is 3. The molecule has 1 fully saturated rings. The van der Waals surface area contributed by atoms with Gasteiger partial charge in [-0.15, -0.1) is 0 Å². The number of nitrogens with zero attached hydrogens (tertiary/aromatic N) is 2. The van der Waals surface area contributed by atoms with E-state index >= 15 is 0 Å².